The number of ether oxygens (including phenoxy) is 1. The maximum Gasteiger partial charge on any atom is 0.304 e. The van der Waals surface area contributed by atoms with Gasteiger partial charge in [-0.1, -0.05) is 24.3 Å². The minimum Gasteiger partial charge on any atom is -0.497 e. The number of anilines is 1. The minimum atomic E-state index is -4.00. The van der Waals surface area contributed by atoms with E-state index in [2.05, 4.69) is 5.32 Å². The molecular weight excluding hydrogens is 468 g/mol. The third-order valence-electron chi connectivity index (χ3n) is 5.68. The highest BCUT2D eigenvalue weighted by Crippen LogP contribution is 2.26. The van der Waals surface area contributed by atoms with Gasteiger partial charge in [0.25, 0.3) is 0 Å². The average Bonchev–Trinajstić information content (AvgIpc) is 2.82. The van der Waals surface area contributed by atoms with Crippen molar-refractivity contribution in [3.63, 3.8) is 0 Å². The van der Waals surface area contributed by atoms with E-state index in [9.17, 15) is 18.0 Å². The van der Waals surface area contributed by atoms with Crippen LogP contribution in [0.1, 0.15) is 30.5 Å². The predicted octanol–water partition coefficient (Wildman–Crippen LogP) is 2.48. The predicted molar refractivity (Wildman–Crippen MR) is 138 cm³/mol. The topological polar surface area (TPSA) is 99.3 Å². The molecule has 0 aliphatic rings. The summed E-state index contributed by atoms with van der Waals surface area (Å²) in [6.07, 6.45) is 0. The molecule has 0 aliphatic heterocycles. The molecule has 2 rings (SSSR count). The van der Waals surface area contributed by atoms with E-state index in [0.717, 1.165) is 19.7 Å². The Morgan fingerprint density at radius 2 is 1.69 bits per heavy atom. The van der Waals surface area contributed by atoms with Crippen molar-refractivity contribution in [2.24, 2.45) is 0 Å². The highest BCUT2D eigenvalue weighted by atomic mass is 32.2. The lowest BCUT2D eigenvalue weighted by molar-refractivity contribution is -0.139. The summed E-state index contributed by atoms with van der Waals surface area (Å²) in [6, 6.07) is 11.8. The molecule has 1 N–H and O–H groups in total. The van der Waals surface area contributed by atoms with Crippen LogP contribution in [0.3, 0.4) is 0 Å². The summed E-state index contributed by atoms with van der Waals surface area (Å²) in [5, 5.41) is 2.74. The highest BCUT2D eigenvalue weighted by Gasteiger charge is 2.33. The molecule has 0 saturated carbocycles. The Kier molecular flexibility index (Phi) is 9.67. The van der Waals surface area contributed by atoms with Gasteiger partial charge in [0.05, 0.1) is 12.8 Å². The molecule has 0 bridgehead atoms. The Labute approximate surface area is 208 Å². The zero-order chi connectivity index (χ0) is 26.3. The molecule has 9 nitrogen and oxygen atoms in total. The number of nitrogens with zero attached hydrogens (tertiary/aromatic N) is 3. The zero-order valence-electron chi connectivity index (χ0n) is 21.5. The average molecular weight is 505 g/mol. The molecule has 0 aliphatic carbocycles. The molecule has 10 heteroatoms. The molecule has 2 amide bonds. The van der Waals surface area contributed by atoms with Crippen LogP contribution in [-0.2, 0) is 26.3 Å². The number of amides is 2. The molecule has 0 fully saturated rings. The lowest BCUT2D eigenvalue weighted by Crippen LogP contribution is -2.52. The number of rotatable bonds is 11. The van der Waals surface area contributed by atoms with Crippen LogP contribution >= 0.6 is 0 Å². The van der Waals surface area contributed by atoms with Crippen LogP contribution in [0, 0.1) is 13.8 Å². The largest absolute Gasteiger partial charge is 0.497 e. The van der Waals surface area contributed by atoms with Gasteiger partial charge in [-0.05, 0) is 62.6 Å². The van der Waals surface area contributed by atoms with E-state index in [0.29, 0.717) is 23.5 Å². The third kappa shape index (κ3) is 6.95. The number of hydrogen-bond donors (Lipinski definition) is 1. The van der Waals surface area contributed by atoms with E-state index in [1.807, 2.05) is 31.2 Å². The first-order chi connectivity index (χ1) is 16.4. The maximum atomic E-state index is 13.7. The normalized spacial score (nSPS) is 12.2. The quantitative estimate of drug-likeness (QED) is 0.507. The van der Waals surface area contributed by atoms with Gasteiger partial charge in [0.1, 0.15) is 18.3 Å². The lowest BCUT2D eigenvalue weighted by atomic mass is 10.1. The molecule has 0 saturated heterocycles. The molecule has 0 spiro atoms. The number of hydrogen-bond acceptors (Lipinski definition) is 5. The number of carbonyl (C=O) groups is 2. The monoisotopic (exact) mass is 504 g/mol. The van der Waals surface area contributed by atoms with Crippen LogP contribution < -0.4 is 14.4 Å². The van der Waals surface area contributed by atoms with Gasteiger partial charge in [0.15, 0.2) is 0 Å². The van der Waals surface area contributed by atoms with Gasteiger partial charge < -0.3 is 15.0 Å². The molecule has 192 valence electrons. The molecule has 2 aromatic rings. The smallest absolute Gasteiger partial charge is 0.304 e. The van der Waals surface area contributed by atoms with E-state index in [-0.39, 0.29) is 12.5 Å². The van der Waals surface area contributed by atoms with Gasteiger partial charge in [-0.3, -0.25) is 9.59 Å². The number of methoxy groups -OCH3 is 1. The number of likely N-dealkylation sites (N-methyl/N-ethyl adjacent to an activating group) is 1. The first-order valence-electron chi connectivity index (χ1n) is 11.4. The standard InChI is InChI=1S/C25H36N4O5S/c1-8-26-25(31)20(4)28(16-21-11-13-22(34-7)14-12-21)24(30)17-29(35(32,33)27(5)6)23-15-18(2)9-10-19(23)3/h9-15,20H,8,16-17H2,1-7H3,(H,26,31)/t20-/m0/s1. The fourth-order valence-corrected chi connectivity index (χ4v) is 4.64. The van der Waals surface area contributed by atoms with Crippen LogP contribution in [0.5, 0.6) is 5.75 Å². The number of carbonyl (C=O) groups excluding carboxylic acids is 2. The summed E-state index contributed by atoms with van der Waals surface area (Å²) in [4.78, 5) is 27.7. The maximum absolute atomic E-state index is 13.7. The van der Waals surface area contributed by atoms with E-state index in [1.165, 1.54) is 19.0 Å². The molecule has 0 unspecified atom stereocenters. The number of benzene rings is 2. The Morgan fingerprint density at radius 3 is 2.23 bits per heavy atom. The Bertz CT molecular complexity index is 1130. The zero-order valence-corrected chi connectivity index (χ0v) is 22.3. The third-order valence-corrected chi connectivity index (χ3v) is 7.49. The van der Waals surface area contributed by atoms with Crippen molar-refractivity contribution < 1.29 is 22.7 Å². The Balaban J connectivity index is 2.49. The number of nitrogens with one attached hydrogen (secondary N) is 1. The van der Waals surface area contributed by atoms with Gasteiger partial charge in [-0.25, -0.2) is 4.31 Å². The van der Waals surface area contributed by atoms with Crippen LogP contribution in [0.25, 0.3) is 0 Å². The molecule has 0 radical (unpaired) electrons. The van der Waals surface area contributed by atoms with Gasteiger partial charge in [0, 0.05) is 27.2 Å². The van der Waals surface area contributed by atoms with Gasteiger partial charge in [-0.2, -0.15) is 12.7 Å². The van der Waals surface area contributed by atoms with Crippen molar-refractivity contribution in [1.29, 1.82) is 0 Å². The second-order valence-electron chi connectivity index (χ2n) is 8.53. The SMILES string of the molecule is CCNC(=O)[C@H](C)N(Cc1ccc(OC)cc1)C(=O)CN(c1cc(C)ccc1C)S(=O)(=O)N(C)C. The first kappa shape index (κ1) is 28.1. The van der Waals surface area contributed by atoms with Crippen LogP contribution in [0.15, 0.2) is 42.5 Å². The van der Waals surface area contributed by atoms with E-state index in [4.69, 9.17) is 4.74 Å². The molecular formula is C25H36N4O5S. The second-order valence-corrected chi connectivity index (χ2v) is 10.6. The van der Waals surface area contributed by atoms with E-state index < -0.39 is 28.7 Å². The van der Waals surface area contributed by atoms with E-state index >= 15 is 0 Å². The lowest BCUT2D eigenvalue weighted by Gasteiger charge is -2.33. The summed E-state index contributed by atoms with van der Waals surface area (Å²) >= 11 is 0. The fraction of sp³-hybridized carbons (Fsp3) is 0.440. The first-order valence-corrected chi connectivity index (χ1v) is 12.8. The van der Waals surface area contributed by atoms with Crippen LogP contribution in [0.2, 0.25) is 0 Å². The molecule has 0 heterocycles. The summed E-state index contributed by atoms with van der Waals surface area (Å²) in [6.45, 7) is 7.18. The summed E-state index contributed by atoms with van der Waals surface area (Å²) in [5.41, 5.74) is 2.78. The second kappa shape index (κ2) is 12.0. The fourth-order valence-electron chi connectivity index (χ4n) is 3.52. The minimum absolute atomic E-state index is 0.129. The summed E-state index contributed by atoms with van der Waals surface area (Å²) in [7, 11) is 0.411. The molecule has 0 aromatic heterocycles. The number of aryl methyl sites for hydroxylation is 2. The summed E-state index contributed by atoms with van der Waals surface area (Å²) < 4.78 is 33.9. The summed E-state index contributed by atoms with van der Waals surface area (Å²) in [5.74, 6) is -0.143. The van der Waals surface area contributed by atoms with E-state index in [1.54, 1.807) is 46.1 Å². The van der Waals surface area contributed by atoms with Gasteiger partial charge in [0.2, 0.25) is 11.8 Å². The Hall–Kier alpha value is -3.11. The van der Waals surface area contributed by atoms with Crippen molar-refractivity contribution in [1.82, 2.24) is 14.5 Å². The Morgan fingerprint density at radius 1 is 1.06 bits per heavy atom. The van der Waals surface area contributed by atoms with Crippen molar-refractivity contribution >= 4 is 27.7 Å². The van der Waals surface area contributed by atoms with Crippen molar-refractivity contribution in [2.75, 3.05) is 38.6 Å². The van der Waals surface area contributed by atoms with Crippen LogP contribution in [0.4, 0.5) is 5.69 Å². The van der Waals surface area contributed by atoms with Gasteiger partial charge in [-0.15, -0.1) is 0 Å². The van der Waals surface area contributed by atoms with Gasteiger partial charge >= 0.3 is 10.2 Å². The molecule has 35 heavy (non-hydrogen) atoms. The molecule has 1 atom stereocenters. The molecule has 2 aromatic carbocycles. The van der Waals surface area contributed by atoms with Crippen molar-refractivity contribution in [3.8, 4) is 5.75 Å². The van der Waals surface area contributed by atoms with Crippen LogP contribution in [-0.4, -0.2) is 69.8 Å². The highest BCUT2D eigenvalue weighted by molar-refractivity contribution is 7.90. The van der Waals surface area contributed by atoms with Crippen molar-refractivity contribution in [2.45, 2.75) is 40.3 Å². The van der Waals surface area contributed by atoms with Crippen molar-refractivity contribution in [3.05, 3.63) is 59.2 Å².